The summed E-state index contributed by atoms with van der Waals surface area (Å²) in [7, 11) is 0. The molecular formula is C16H15N3O2S2. The number of carboxylic acid groups (broad SMARTS) is 1. The molecule has 0 aliphatic carbocycles. The van der Waals surface area contributed by atoms with Crippen LogP contribution in [0.4, 0.5) is 0 Å². The second kappa shape index (κ2) is 5.92. The van der Waals surface area contributed by atoms with Gasteiger partial charge in [0.2, 0.25) is 0 Å². The van der Waals surface area contributed by atoms with Gasteiger partial charge in [0.15, 0.2) is 0 Å². The zero-order valence-electron chi connectivity index (χ0n) is 12.3. The van der Waals surface area contributed by atoms with Gasteiger partial charge in [0, 0.05) is 30.1 Å². The van der Waals surface area contributed by atoms with Gasteiger partial charge in [-0.1, -0.05) is 6.07 Å². The molecule has 4 rings (SSSR count). The molecule has 0 radical (unpaired) electrons. The Bertz CT molecular complexity index is 836. The molecule has 2 N–H and O–H groups in total. The van der Waals surface area contributed by atoms with Crippen molar-refractivity contribution in [3.05, 3.63) is 50.7 Å². The number of nitrogens with one attached hydrogen (secondary N) is 1. The second-order valence-corrected chi connectivity index (χ2v) is 7.66. The standard InChI is InChI=1S/C16H15N3O2S2/c20-16(21)13-6-10-3-4-19(9-14(10)23-13)8-11-7-17-18-15(11)12-2-1-5-22-12/h1-2,5-7H,3-4,8-9H2,(H,17,18)(H,20,21). The van der Waals surface area contributed by atoms with E-state index in [0.29, 0.717) is 4.88 Å². The van der Waals surface area contributed by atoms with Crippen molar-refractivity contribution >= 4 is 28.6 Å². The number of aromatic carboxylic acids is 1. The highest BCUT2D eigenvalue weighted by Gasteiger charge is 2.22. The van der Waals surface area contributed by atoms with Gasteiger partial charge >= 0.3 is 5.97 Å². The predicted molar refractivity (Wildman–Crippen MR) is 91.0 cm³/mol. The van der Waals surface area contributed by atoms with E-state index < -0.39 is 5.97 Å². The van der Waals surface area contributed by atoms with Gasteiger partial charge in [-0.15, -0.1) is 22.7 Å². The molecule has 0 aromatic carbocycles. The highest BCUT2D eigenvalue weighted by molar-refractivity contribution is 7.14. The summed E-state index contributed by atoms with van der Waals surface area (Å²) in [5.74, 6) is -0.828. The van der Waals surface area contributed by atoms with E-state index in [1.54, 1.807) is 11.3 Å². The Labute approximate surface area is 141 Å². The van der Waals surface area contributed by atoms with Crippen LogP contribution in [0.3, 0.4) is 0 Å². The number of H-pyrrole nitrogens is 1. The second-order valence-electron chi connectivity index (χ2n) is 5.57. The number of rotatable bonds is 4. The van der Waals surface area contributed by atoms with Gasteiger partial charge in [-0.2, -0.15) is 5.10 Å². The smallest absolute Gasteiger partial charge is 0.345 e. The summed E-state index contributed by atoms with van der Waals surface area (Å²) in [5.41, 5.74) is 3.46. The summed E-state index contributed by atoms with van der Waals surface area (Å²) in [6, 6.07) is 5.96. The molecule has 5 nitrogen and oxygen atoms in total. The average Bonchev–Trinajstić information content (AvgIpc) is 3.26. The van der Waals surface area contributed by atoms with E-state index in [-0.39, 0.29) is 0 Å². The van der Waals surface area contributed by atoms with Crippen LogP contribution >= 0.6 is 22.7 Å². The normalized spacial score (nSPS) is 14.8. The number of carbonyl (C=O) groups is 1. The monoisotopic (exact) mass is 345 g/mol. The lowest BCUT2D eigenvalue weighted by molar-refractivity contribution is 0.0702. The minimum atomic E-state index is -0.828. The van der Waals surface area contributed by atoms with Crippen LogP contribution in [0.15, 0.2) is 29.8 Å². The molecule has 0 saturated carbocycles. The van der Waals surface area contributed by atoms with Crippen LogP contribution in [-0.2, 0) is 19.5 Å². The maximum atomic E-state index is 11.1. The molecule has 0 amide bonds. The summed E-state index contributed by atoms with van der Waals surface area (Å²) in [5, 5.41) is 18.5. The van der Waals surface area contributed by atoms with Gasteiger partial charge in [0.05, 0.1) is 16.8 Å². The van der Waals surface area contributed by atoms with Crippen molar-refractivity contribution in [3.63, 3.8) is 0 Å². The first kappa shape index (κ1) is 14.6. The van der Waals surface area contributed by atoms with Gasteiger partial charge in [0.25, 0.3) is 0 Å². The quantitative estimate of drug-likeness (QED) is 0.760. The van der Waals surface area contributed by atoms with Gasteiger partial charge in [-0.25, -0.2) is 4.79 Å². The number of aromatic nitrogens is 2. The molecule has 23 heavy (non-hydrogen) atoms. The fraction of sp³-hybridized carbons (Fsp3) is 0.250. The van der Waals surface area contributed by atoms with E-state index in [1.165, 1.54) is 32.2 Å². The lowest BCUT2D eigenvalue weighted by Gasteiger charge is -2.26. The third-order valence-electron chi connectivity index (χ3n) is 4.05. The molecule has 7 heteroatoms. The van der Waals surface area contributed by atoms with Crippen molar-refractivity contribution in [1.29, 1.82) is 0 Å². The van der Waals surface area contributed by atoms with E-state index in [0.717, 1.165) is 31.7 Å². The van der Waals surface area contributed by atoms with Crippen LogP contribution in [0.1, 0.15) is 25.7 Å². The number of fused-ring (bicyclic) bond motifs is 1. The average molecular weight is 345 g/mol. The number of nitrogens with zero attached hydrogens (tertiary/aromatic N) is 2. The molecule has 1 aliphatic rings. The van der Waals surface area contributed by atoms with Gasteiger partial charge < -0.3 is 5.11 Å². The molecule has 3 aromatic heterocycles. The Morgan fingerprint density at radius 3 is 3.17 bits per heavy atom. The van der Waals surface area contributed by atoms with Crippen molar-refractivity contribution < 1.29 is 9.90 Å². The van der Waals surface area contributed by atoms with Crippen LogP contribution in [0, 0.1) is 0 Å². The molecule has 4 heterocycles. The zero-order chi connectivity index (χ0) is 15.8. The number of hydrogen-bond acceptors (Lipinski definition) is 5. The fourth-order valence-corrected chi connectivity index (χ4v) is 4.77. The van der Waals surface area contributed by atoms with Crippen LogP contribution in [-0.4, -0.2) is 32.7 Å². The highest BCUT2D eigenvalue weighted by atomic mass is 32.1. The van der Waals surface area contributed by atoms with E-state index >= 15 is 0 Å². The molecule has 0 fully saturated rings. The first-order valence-electron chi connectivity index (χ1n) is 7.34. The maximum Gasteiger partial charge on any atom is 0.345 e. The summed E-state index contributed by atoms with van der Waals surface area (Å²) in [4.78, 5) is 16.3. The Morgan fingerprint density at radius 2 is 2.39 bits per heavy atom. The van der Waals surface area contributed by atoms with Crippen LogP contribution < -0.4 is 0 Å². The zero-order valence-corrected chi connectivity index (χ0v) is 13.9. The predicted octanol–water partition coefficient (Wildman–Crippen LogP) is 3.46. The third kappa shape index (κ3) is 2.83. The van der Waals surface area contributed by atoms with Crippen molar-refractivity contribution in [1.82, 2.24) is 15.1 Å². The Hall–Kier alpha value is -1.96. The lowest BCUT2D eigenvalue weighted by atomic mass is 10.1. The minimum Gasteiger partial charge on any atom is -0.477 e. The lowest BCUT2D eigenvalue weighted by Crippen LogP contribution is -2.29. The Balaban J connectivity index is 1.53. The number of thiophene rings is 2. The molecule has 3 aromatic rings. The highest BCUT2D eigenvalue weighted by Crippen LogP contribution is 2.31. The summed E-state index contributed by atoms with van der Waals surface area (Å²) in [6.45, 7) is 2.57. The van der Waals surface area contributed by atoms with E-state index in [9.17, 15) is 4.79 Å². The van der Waals surface area contributed by atoms with Crippen LogP contribution in [0.25, 0.3) is 10.6 Å². The molecule has 0 atom stereocenters. The molecule has 0 spiro atoms. The molecule has 0 saturated heterocycles. The Morgan fingerprint density at radius 1 is 1.48 bits per heavy atom. The topological polar surface area (TPSA) is 69.2 Å². The van der Waals surface area contributed by atoms with Gasteiger partial charge in [-0.05, 0) is 29.5 Å². The van der Waals surface area contributed by atoms with Crippen LogP contribution in [0.2, 0.25) is 0 Å². The molecular weight excluding hydrogens is 330 g/mol. The van der Waals surface area contributed by atoms with E-state index in [2.05, 4.69) is 26.5 Å². The van der Waals surface area contributed by atoms with E-state index in [1.807, 2.05) is 18.3 Å². The van der Waals surface area contributed by atoms with Crippen molar-refractivity contribution in [2.45, 2.75) is 19.5 Å². The van der Waals surface area contributed by atoms with Gasteiger partial charge in [0.1, 0.15) is 4.88 Å². The van der Waals surface area contributed by atoms with E-state index in [4.69, 9.17) is 5.11 Å². The molecule has 118 valence electrons. The van der Waals surface area contributed by atoms with Crippen molar-refractivity contribution in [2.75, 3.05) is 6.54 Å². The van der Waals surface area contributed by atoms with Crippen LogP contribution in [0.5, 0.6) is 0 Å². The van der Waals surface area contributed by atoms with Gasteiger partial charge in [-0.3, -0.25) is 10.00 Å². The number of aromatic amines is 1. The first-order chi connectivity index (χ1) is 11.2. The Kier molecular flexibility index (Phi) is 3.76. The third-order valence-corrected chi connectivity index (χ3v) is 6.09. The first-order valence-corrected chi connectivity index (χ1v) is 9.03. The summed E-state index contributed by atoms with van der Waals surface area (Å²) in [6.07, 6.45) is 2.80. The number of hydrogen-bond donors (Lipinski definition) is 2. The fourth-order valence-electron chi connectivity index (χ4n) is 2.92. The maximum absolute atomic E-state index is 11.1. The molecule has 0 bridgehead atoms. The van der Waals surface area contributed by atoms with Crippen molar-refractivity contribution in [3.8, 4) is 10.6 Å². The molecule has 1 aliphatic heterocycles. The minimum absolute atomic E-state index is 0.444. The molecule has 0 unspecified atom stereocenters. The summed E-state index contributed by atoms with van der Waals surface area (Å²) >= 11 is 3.10. The number of carboxylic acids is 1. The van der Waals surface area contributed by atoms with Crippen molar-refractivity contribution in [2.24, 2.45) is 0 Å². The largest absolute Gasteiger partial charge is 0.477 e. The summed E-state index contributed by atoms with van der Waals surface area (Å²) < 4.78 is 0. The SMILES string of the molecule is O=C(O)c1cc2c(s1)CN(Cc1cn[nH]c1-c1cccs1)CC2.